The predicted molar refractivity (Wildman–Crippen MR) is 121 cm³/mol. The van der Waals surface area contributed by atoms with Gasteiger partial charge in [0.1, 0.15) is 17.5 Å². The van der Waals surface area contributed by atoms with Gasteiger partial charge in [-0.1, -0.05) is 12.8 Å². The molecule has 3 aromatic heterocycles. The van der Waals surface area contributed by atoms with Crippen LogP contribution in [-0.2, 0) is 7.05 Å². The van der Waals surface area contributed by atoms with Crippen molar-refractivity contribution in [3.05, 3.63) is 54.5 Å². The van der Waals surface area contributed by atoms with Crippen molar-refractivity contribution >= 4 is 16.7 Å². The second kappa shape index (κ2) is 7.43. The van der Waals surface area contributed by atoms with E-state index in [1.54, 1.807) is 6.20 Å². The predicted octanol–water partition coefficient (Wildman–Crippen LogP) is 5.90. The van der Waals surface area contributed by atoms with Gasteiger partial charge in [-0.05, 0) is 43.2 Å². The van der Waals surface area contributed by atoms with Gasteiger partial charge in [0.25, 0.3) is 0 Å². The SMILES string of the molecule is Cn1ccc(-c2cc(NC3CC4CCC3CC4)nc(-c3c[nH]c4c(F)cc(F)cc34)n2)c1. The fourth-order valence-corrected chi connectivity index (χ4v) is 5.53. The van der Waals surface area contributed by atoms with Gasteiger partial charge < -0.3 is 14.9 Å². The Balaban J connectivity index is 1.45. The number of anilines is 1. The summed E-state index contributed by atoms with van der Waals surface area (Å²) in [6.07, 6.45) is 12.0. The monoisotopic (exact) mass is 433 g/mol. The van der Waals surface area contributed by atoms with Crippen LogP contribution < -0.4 is 5.32 Å². The number of rotatable bonds is 4. The minimum absolute atomic E-state index is 0.259. The van der Waals surface area contributed by atoms with Crippen molar-refractivity contribution in [1.82, 2.24) is 19.5 Å². The average molecular weight is 434 g/mol. The summed E-state index contributed by atoms with van der Waals surface area (Å²) in [5.41, 5.74) is 2.60. The molecule has 3 fully saturated rings. The number of aromatic nitrogens is 4. The second-order valence-electron chi connectivity index (χ2n) is 9.31. The van der Waals surface area contributed by atoms with Crippen LogP contribution in [0.1, 0.15) is 32.1 Å². The van der Waals surface area contributed by atoms with Gasteiger partial charge in [-0.15, -0.1) is 0 Å². The molecule has 0 radical (unpaired) electrons. The first kappa shape index (κ1) is 19.5. The maximum Gasteiger partial charge on any atom is 0.164 e. The molecule has 3 aliphatic carbocycles. The number of hydrogen-bond acceptors (Lipinski definition) is 3. The quantitative estimate of drug-likeness (QED) is 0.421. The van der Waals surface area contributed by atoms with Gasteiger partial charge in [-0.25, -0.2) is 18.7 Å². The van der Waals surface area contributed by atoms with Gasteiger partial charge in [0.05, 0.1) is 11.2 Å². The van der Waals surface area contributed by atoms with Gasteiger partial charge in [0.15, 0.2) is 5.82 Å². The summed E-state index contributed by atoms with van der Waals surface area (Å²) >= 11 is 0. The fraction of sp³-hybridized carbons (Fsp3) is 0.360. The summed E-state index contributed by atoms with van der Waals surface area (Å²) in [4.78, 5) is 12.5. The molecular weight excluding hydrogens is 408 g/mol. The summed E-state index contributed by atoms with van der Waals surface area (Å²) in [6, 6.07) is 6.61. The molecule has 4 aromatic rings. The molecule has 0 spiro atoms. The Hall–Kier alpha value is -3.22. The van der Waals surface area contributed by atoms with E-state index in [9.17, 15) is 8.78 Å². The molecule has 5 nitrogen and oxygen atoms in total. The first-order valence-corrected chi connectivity index (χ1v) is 11.3. The second-order valence-corrected chi connectivity index (χ2v) is 9.31. The normalized spacial score (nSPS) is 22.5. The third kappa shape index (κ3) is 3.36. The van der Waals surface area contributed by atoms with E-state index in [1.807, 2.05) is 36.1 Å². The molecule has 32 heavy (non-hydrogen) atoms. The van der Waals surface area contributed by atoms with Crippen molar-refractivity contribution in [2.45, 2.75) is 38.1 Å². The van der Waals surface area contributed by atoms with E-state index in [0.717, 1.165) is 29.1 Å². The molecular formula is C25H25F2N5. The third-order valence-corrected chi connectivity index (χ3v) is 7.18. The number of H-pyrrole nitrogens is 1. The zero-order valence-electron chi connectivity index (χ0n) is 17.9. The molecule has 0 saturated heterocycles. The van der Waals surface area contributed by atoms with Crippen LogP contribution in [0.4, 0.5) is 14.6 Å². The maximum absolute atomic E-state index is 14.3. The molecule has 164 valence electrons. The number of aromatic amines is 1. The first-order valence-electron chi connectivity index (χ1n) is 11.3. The molecule has 2 bridgehead atoms. The standard InChI is InChI=1S/C25H25F2N5/c1-32-7-6-16(13-32)22-11-23(29-21-8-14-2-4-15(21)5-3-14)31-25(30-22)19-12-28-24-18(19)9-17(26)10-20(24)27/h6-7,9-15,21,28H,2-5,8H2,1H3,(H,29,30,31). The Bertz CT molecular complexity index is 1300. The van der Waals surface area contributed by atoms with Crippen LogP contribution in [0.2, 0.25) is 0 Å². The topological polar surface area (TPSA) is 58.5 Å². The zero-order chi connectivity index (χ0) is 21.8. The largest absolute Gasteiger partial charge is 0.367 e. The summed E-state index contributed by atoms with van der Waals surface area (Å²) in [6.45, 7) is 0. The average Bonchev–Trinajstić information content (AvgIpc) is 3.41. The molecule has 1 atom stereocenters. The maximum atomic E-state index is 14.3. The molecule has 0 amide bonds. The number of halogens is 2. The Morgan fingerprint density at radius 2 is 1.94 bits per heavy atom. The van der Waals surface area contributed by atoms with Crippen LogP contribution in [0.15, 0.2) is 42.9 Å². The van der Waals surface area contributed by atoms with E-state index in [2.05, 4.69) is 10.3 Å². The van der Waals surface area contributed by atoms with Gasteiger partial charge in [-0.2, -0.15) is 0 Å². The van der Waals surface area contributed by atoms with Gasteiger partial charge in [0.2, 0.25) is 0 Å². The fourth-order valence-electron chi connectivity index (χ4n) is 5.53. The number of benzene rings is 1. The summed E-state index contributed by atoms with van der Waals surface area (Å²) in [5, 5.41) is 4.13. The molecule has 1 aromatic carbocycles. The minimum Gasteiger partial charge on any atom is -0.367 e. The highest BCUT2D eigenvalue weighted by molar-refractivity contribution is 5.94. The minimum atomic E-state index is -0.623. The highest BCUT2D eigenvalue weighted by atomic mass is 19.1. The van der Waals surface area contributed by atoms with E-state index in [0.29, 0.717) is 28.7 Å². The lowest BCUT2D eigenvalue weighted by Crippen LogP contribution is -2.40. The molecule has 3 aliphatic rings. The van der Waals surface area contributed by atoms with Crippen molar-refractivity contribution in [3.63, 3.8) is 0 Å². The smallest absolute Gasteiger partial charge is 0.164 e. The molecule has 1 unspecified atom stereocenters. The lowest BCUT2D eigenvalue weighted by Gasteiger charge is -2.42. The number of aryl methyl sites for hydroxylation is 1. The van der Waals surface area contributed by atoms with Crippen molar-refractivity contribution in [1.29, 1.82) is 0 Å². The van der Waals surface area contributed by atoms with Crippen LogP contribution in [-0.4, -0.2) is 25.6 Å². The molecule has 7 rings (SSSR count). The van der Waals surface area contributed by atoms with Crippen LogP contribution in [0.25, 0.3) is 33.5 Å². The number of fused-ring (bicyclic) bond motifs is 4. The Labute approximate surface area is 184 Å². The number of nitrogens with zero attached hydrogens (tertiary/aromatic N) is 3. The summed E-state index contributed by atoms with van der Waals surface area (Å²) in [7, 11) is 1.97. The van der Waals surface area contributed by atoms with Crippen LogP contribution in [0.3, 0.4) is 0 Å². The van der Waals surface area contributed by atoms with E-state index >= 15 is 0 Å². The molecule has 2 N–H and O–H groups in total. The van der Waals surface area contributed by atoms with E-state index in [1.165, 1.54) is 38.2 Å². The lowest BCUT2D eigenvalue weighted by atomic mass is 9.68. The van der Waals surface area contributed by atoms with Crippen LogP contribution in [0.5, 0.6) is 0 Å². The van der Waals surface area contributed by atoms with E-state index in [4.69, 9.17) is 9.97 Å². The Morgan fingerprint density at radius 1 is 1.09 bits per heavy atom. The summed E-state index contributed by atoms with van der Waals surface area (Å²) < 4.78 is 30.2. The highest BCUT2D eigenvalue weighted by Gasteiger charge is 2.35. The zero-order valence-corrected chi connectivity index (χ0v) is 17.9. The first-order chi connectivity index (χ1) is 15.5. The van der Waals surface area contributed by atoms with Gasteiger partial charge in [-0.3, -0.25) is 0 Å². The van der Waals surface area contributed by atoms with Crippen molar-refractivity contribution in [2.75, 3.05) is 5.32 Å². The van der Waals surface area contributed by atoms with Gasteiger partial charge in [0, 0.05) is 60.3 Å². The van der Waals surface area contributed by atoms with Crippen molar-refractivity contribution in [3.8, 4) is 22.6 Å². The van der Waals surface area contributed by atoms with Crippen LogP contribution >= 0.6 is 0 Å². The van der Waals surface area contributed by atoms with Crippen molar-refractivity contribution < 1.29 is 8.78 Å². The lowest BCUT2D eigenvalue weighted by molar-refractivity contribution is 0.157. The number of hydrogen-bond donors (Lipinski definition) is 2. The molecule has 7 heteroatoms. The summed E-state index contributed by atoms with van der Waals surface area (Å²) in [5.74, 6) is 1.44. The van der Waals surface area contributed by atoms with Crippen LogP contribution in [0, 0.1) is 23.5 Å². The highest BCUT2D eigenvalue weighted by Crippen LogP contribution is 2.42. The third-order valence-electron chi connectivity index (χ3n) is 7.18. The molecule has 0 aliphatic heterocycles. The van der Waals surface area contributed by atoms with Gasteiger partial charge >= 0.3 is 0 Å². The number of nitrogens with one attached hydrogen (secondary N) is 2. The molecule has 3 saturated carbocycles. The van der Waals surface area contributed by atoms with Crippen molar-refractivity contribution in [2.24, 2.45) is 18.9 Å². The Morgan fingerprint density at radius 3 is 2.66 bits per heavy atom. The van der Waals surface area contributed by atoms with E-state index < -0.39 is 11.6 Å². The Kier molecular flexibility index (Phi) is 4.52. The molecule has 3 heterocycles. The van der Waals surface area contributed by atoms with E-state index in [-0.39, 0.29) is 5.52 Å².